The van der Waals surface area contributed by atoms with Crippen LogP contribution in [-0.2, 0) is 13.2 Å². The highest BCUT2D eigenvalue weighted by Crippen LogP contribution is 2.48. The van der Waals surface area contributed by atoms with Crippen molar-refractivity contribution in [1.82, 2.24) is 15.1 Å². The number of ether oxygens (including phenoxy) is 1. The van der Waals surface area contributed by atoms with Crippen LogP contribution in [0.3, 0.4) is 0 Å². The van der Waals surface area contributed by atoms with Crippen molar-refractivity contribution in [2.24, 2.45) is 0 Å². The van der Waals surface area contributed by atoms with Crippen LogP contribution < -0.4 is 10.1 Å². The number of carbonyl (C=O) groups excluding carboxylic acids is 1. The Morgan fingerprint density at radius 3 is 2.40 bits per heavy atom. The summed E-state index contributed by atoms with van der Waals surface area (Å²) >= 11 is 30.2. The van der Waals surface area contributed by atoms with Gasteiger partial charge in [0.15, 0.2) is 11.5 Å². The predicted octanol–water partition coefficient (Wildman–Crippen LogP) is 6.45. The maximum Gasteiger partial charge on any atom is 0.286 e. The third-order valence-corrected chi connectivity index (χ3v) is 6.27. The molecule has 160 valence electrons. The SMILES string of the molecule is Cc1cnn(CCCNC(=O)c2ccc(COc3c(Cl)c(Cl)c(Cl)c(Cl)c3Cl)o2)c1. The number of aromatic nitrogens is 2. The number of rotatable bonds is 8. The smallest absolute Gasteiger partial charge is 0.286 e. The van der Waals surface area contributed by atoms with Gasteiger partial charge in [-0.25, -0.2) is 0 Å². The summed E-state index contributed by atoms with van der Waals surface area (Å²) < 4.78 is 12.9. The van der Waals surface area contributed by atoms with E-state index in [9.17, 15) is 4.79 Å². The Labute approximate surface area is 197 Å². The molecule has 6 nitrogen and oxygen atoms in total. The van der Waals surface area contributed by atoms with Crippen LogP contribution in [0.2, 0.25) is 25.1 Å². The highest BCUT2D eigenvalue weighted by Gasteiger charge is 2.21. The molecule has 0 radical (unpaired) electrons. The van der Waals surface area contributed by atoms with Crippen molar-refractivity contribution in [1.29, 1.82) is 0 Å². The van der Waals surface area contributed by atoms with Gasteiger partial charge in [0.05, 0.1) is 21.3 Å². The van der Waals surface area contributed by atoms with E-state index < -0.39 is 0 Å². The average molecular weight is 512 g/mol. The number of furan rings is 1. The number of carbonyl (C=O) groups is 1. The normalized spacial score (nSPS) is 11.0. The van der Waals surface area contributed by atoms with Gasteiger partial charge in [0.2, 0.25) is 0 Å². The molecule has 0 fully saturated rings. The van der Waals surface area contributed by atoms with Crippen molar-refractivity contribution in [3.05, 3.63) is 66.7 Å². The minimum absolute atomic E-state index is 0.0347. The number of aryl methyl sites for hydroxylation is 2. The van der Waals surface area contributed by atoms with Gasteiger partial charge in [-0.15, -0.1) is 0 Å². The molecule has 0 aliphatic carbocycles. The first kappa shape index (κ1) is 23.1. The van der Waals surface area contributed by atoms with E-state index in [0.29, 0.717) is 18.8 Å². The monoisotopic (exact) mass is 509 g/mol. The summed E-state index contributed by atoms with van der Waals surface area (Å²) in [7, 11) is 0. The molecule has 0 saturated heterocycles. The summed E-state index contributed by atoms with van der Waals surface area (Å²) in [4.78, 5) is 12.2. The lowest BCUT2D eigenvalue weighted by molar-refractivity contribution is 0.0921. The van der Waals surface area contributed by atoms with Gasteiger partial charge in [0, 0.05) is 19.3 Å². The Morgan fingerprint density at radius 1 is 1.10 bits per heavy atom. The summed E-state index contributed by atoms with van der Waals surface area (Å²) in [5.41, 5.74) is 1.09. The molecule has 1 N–H and O–H groups in total. The van der Waals surface area contributed by atoms with Crippen molar-refractivity contribution in [3.63, 3.8) is 0 Å². The Morgan fingerprint density at radius 2 is 1.77 bits per heavy atom. The van der Waals surface area contributed by atoms with E-state index in [1.807, 2.05) is 17.8 Å². The van der Waals surface area contributed by atoms with Crippen LogP contribution in [0.4, 0.5) is 0 Å². The van der Waals surface area contributed by atoms with Crippen molar-refractivity contribution in [3.8, 4) is 5.75 Å². The minimum Gasteiger partial charge on any atom is -0.482 e. The molecule has 1 amide bonds. The molecule has 3 aromatic rings. The number of hydrogen-bond acceptors (Lipinski definition) is 4. The minimum atomic E-state index is -0.327. The van der Waals surface area contributed by atoms with Gasteiger partial charge in [-0.2, -0.15) is 5.10 Å². The highest BCUT2D eigenvalue weighted by atomic mass is 35.5. The molecule has 11 heteroatoms. The highest BCUT2D eigenvalue weighted by molar-refractivity contribution is 6.55. The van der Waals surface area contributed by atoms with E-state index in [4.69, 9.17) is 67.2 Å². The molecule has 3 rings (SSSR count). The molecule has 2 aromatic heterocycles. The fraction of sp³-hybridized carbons (Fsp3) is 0.263. The van der Waals surface area contributed by atoms with Gasteiger partial charge in [0.25, 0.3) is 5.91 Å². The summed E-state index contributed by atoms with van der Waals surface area (Å²) in [5.74, 6) is 0.301. The lowest BCUT2D eigenvalue weighted by atomic mass is 10.3. The Balaban J connectivity index is 1.53. The third-order valence-electron chi connectivity index (χ3n) is 4.03. The second-order valence-electron chi connectivity index (χ2n) is 6.34. The molecule has 30 heavy (non-hydrogen) atoms. The largest absolute Gasteiger partial charge is 0.482 e. The van der Waals surface area contributed by atoms with Crippen molar-refractivity contribution < 1.29 is 13.9 Å². The zero-order valence-electron chi connectivity index (χ0n) is 15.6. The van der Waals surface area contributed by atoms with E-state index >= 15 is 0 Å². The molecule has 0 aliphatic heterocycles. The molecule has 0 unspecified atom stereocenters. The number of benzene rings is 1. The van der Waals surface area contributed by atoms with Crippen LogP contribution in [-0.4, -0.2) is 22.2 Å². The van der Waals surface area contributed by atoms with Gasteiger partial charge < -0.3 is 14.5 Å². The van der Waals surface area contributed by atoms with Crippen molar-refractivity contribution >= 4 is 63.9 Å². The zero-order chi connectivity index (χ0) is 21.8. The maximum absolute atomic E-state index is 12.2. The second kappa shape index (κ2) is 10.2. The number of nitrogens with one attached hydrogen (secondary N) is 1. The van der Waals surface area contributed by atoms with Gasteiger partial charge in [0.1, 0.15) is 22.4 Å². The molecule has 2 heterocycles. The van der Waals surface area contributed by atoms with Crippen LogP contribution in [0.15, 0.2) is 28.9 Å². The van der Waals surface area contributed by atoms with Crippen LogP contribution in [0.1, 0.15) is 28.3 Å². The predicted molar refractivity (Wildman–Crippen MR) is 118 cm³/mol. The van der Waals surface area contributed by atoms with Gasteiger partial charge in [-0.05, 0) is 31.0 Å². The number of nitrogens with zero attached hydrogens (tertiary/aromatic N) is 2. The van der Waals surface area contributed by atoms with E-state index in [-0.39, 0.29) is 49.1 Å². The molecule has 0 saturated carbocycles. The number of amides is 1. The topological polar surface area (TPSA) is 69.3 Å². The van der Waals surface area contributed by atoms with Gasteiger partial charge in [-0.3, -0.25) is 9.48 Å². The third kappa shape index (κ3) is 5.37. The van der Waals surface area contributed by atoms with Crippen LogP contribution in [0.5, 0.6) is 5.75 Å². The maximum atomic E-state index is 12.2. The number of halogens is 5. The van der Waals surface area contributed by atoms with Crippen molar-refractivity contribution in [2.75, 3.05) is 6.54 Å². The Hall–Kier alpha value is -1.57. The summed E-state index contributed by atoms with van der Waals surface area (Å²) in [5, 5.41) is 7.17. The Bertz CT molecular complexity index is 1030. The van der Waals surface area contributed by atoms with Crippen LogP contribution in [0, 0.1) is 6.92 Å². The van der Waals surface area contributed by atoms with Crippen LogP contribution in [0.25, 0.3) is 0 Å². The molecule has 0 aliphatic rings. The molecule has 0 bridgehead atoms. The quantitative estimate of drug-likeness (QED) is 0.214. The average Bonchev–Trinajstić information content (AvgIpc) is 3.37. The van der Waals surface area contributed by atoms with E-state index in [0.717, 1.165) is 12.0 Å². The first-order chi connectivity index (χ1) is 14.3. The van der Waals surface area contributed by atoms with E-state index in [1.165, 1.54) is 0 Å². The molecular weight excluding hydrogens is 495 g/mol. The lowest BCUT2D eigenvalue weighted by Gasteiger charge is -2.12. The number of hydrogen-bond donors (Lipinski definition) is 1. The van der Waals surface area contributed by atoms with Crippen molar-refractivity contribution in [2.45, 2.75) is 26.5 Å². The fourth-order valence-electron chi connectivity index (χ4n) is 2.55. The van der Waals surface area contributed by atoms with E-state index in [2.05, 4.69) is 10.4 Å². The molecule has 0 spiro atoms. The summed E-state index contributed by atoms with van der Waals surface area (Å²) in [6.07, 6.45) is 4.47. The standard InChI is InChI=1S/C19H16Cl5N3O3/c1-10-7-26-27(8-10)6-2-5-25-19(28)12-4-3-11(30-12)9-29-18-16(23)14(21)13(20)15(22)17(18)24/h3-4,7-8H,2,5-6,9H2,1H3,(H,25,28). The second-order valence-corrected chi connectivity index (χ2v) is 8.23. The summed E-state index contributed by atoms with van der Waals surface area (Å²) in [6, 6.07) is 3.16. The van der Waals surface area contributed by atoms with Gasteiger partial charge >= 0.3 is 0 Å². The molecular formula is C19H16Cl5N3O3. The Kier molecular flexibility index (Phi) is 7.82. The first-order valence-electron chi connectivity index (χ1n) is 8.78. The first-order valence-corrected chi connectivity index (χ1v) is 10.7. The van der Waals surface area contributed by atoms with Gasteiger partial charge in [-0.1, -0.05) is 58.0 Å². The summed E-state index contributed by atoms with van der Waals surface area (Å²) in [6.45, 7) is 3.12. The van der Waals surface area contributed by atoms with Crippen LogP contribution >= 0.6 is 58.0 Å². The fourth-order valence-corrected chi connectivity index (χ4v) is 3.78. The lowest BCUT2D eigenvalue weighted by Crippen LogP contribution is -2.24. The molecule has 1 aromatic carbocycles. The molecule has 0 atom stereocenters. The van der Waals surface area contributed by atoms with E-state index in [1.54, 1.807) is 18.3 Å². The zero-order valence-corrected chi connectivity index (χ0v) is 19.4.